The van der Waals surface area contributed by atoms with Crippen molar-refractivity contribution in [2.75, 3.05) is 13.6 Å². The van der Waals surface area contributed by atoms with Crippen molar-refractivity contribution in [3.63, 3.8) is 0 Å². The van der Waals surface area contributed by atoms with Crippen molar-refractivity contribution < 1.29 is 0 Å². The molecule has 2 nitrogen and oxygen atoms in total. The zero-order valence-electron chi connectivity index (χ0n) is 11.1. The number of H-pyrrole nitrogens is 1. The Morgan fingerprint density at radius 3 is 3.11 bits per heavy atom. The minimum Gasteiger partial charge on any atom is -0.361 e. The number of nitrogens with one attached hydrogen (secondary N) is 1. The van der Waals surface area contributed by atoms with Gasteiger partial charge in [0, 0.05) is 35.6 Å². The summed E-state index contributed by atoms with van der Waals surface area (Å²) in [7, 11) is 2.30. The number of aromatic nitrogens is 1. The minimum absolute atomic E-state index is 0.704. The maximum atomic E-state index is 3.44. The Hall–Kier alpha value is -1.28. The van der Waals surface area contributed by atoms with Gasteiger partial charge in [0.25, 0.3) is 0 Å². The van der Waals surface area contributed by atoms with Crippen LogP contribution in [0.15, 0.2) is 24.4 Å². The van der Waals surface area contributed by atoms with Gasteiger partial charge in [-0.2, -0.15) is 0 Å². The number of rotatable bonds is 0. The highest BCUT2D eigenvalue weighted by Crippen LogP contribution is 2.43. The molecule has 94 valence electrons. The number of nitrogens with zero attached hydrogens (tertiary/aromatic N) is 1. The van der Waals surface area contributed by atoms with Crippen LogP contribution in [0.25, 0.3) is 10.9 Å². The van der Waals surface area contributed by atoms with Gasteiger partial charge in [0.15, 0.2) is 0 Å². The highest BCUT2D eigenvalue weighted by Gasteiger charge is 2.37. The lowest BCUT2D eigenvalue weighted by Gasteiger charge is -2.44. The molecule has 1 fully saturated rings. The van der Waals surface area contributed by atoms with Gasteiger partial charge in [0.2, 0.25) is 0 Å². The second kappa shape index (κ2) is 3.61. The van der Waals surface area contributed by atoms with Crippen molar-refractivity contribution in [2.45, 2.75) is 31.7 Å². The predicted molar refractivity (Wildman–Crippen MR) is 74.9 cm³/mol. The van der Waals surface area contributed by atoms with E-state index in [1.807, 2.05) is 0 Å². The summed E-state index contributed by atoms with van der Waals surface area (Å²) in [5, 5.41) is 1.52. The molecule has 1 aromatic heterocycles. The average Bonchev–Trinajstić information content (AvgIpc) is 2.76. The fourth-order valence-electron chi connectivity index (χ4n) is 4.21. The topological polar surface area (TPSA) is 19.0 Å². The number of fused-ring (bicyclic) bond motifs is 2. The molecule has 0 spiro atoms. The molecule has 0 saturated carbocycles. The van der Waals surface area contributed by atoms with Gasteiger partial charge < -0.3 is 9.88 Å². The molecule has 2 aliphatic rings. The van der Waals surface area contributed by atoms with Crippen molar-refractivity contribution in [3.05, 3.63) is 35.5 Å². The zero-order chi connectivity index (χ0) is 12.3. The Balaban J connectivity index is 1.92. The third kappa shape index (κ3) is 1.33. The highest BCUT2D eigenvalue weighted by molar-refractivity contribution is 5.88. The van der Waals surface area contributed by atoms with Gasteiger partial charge in [-0.3, -0.25) is 0 Å². The van der Waals surface area contributed by atoms with E-state index in [-0.39, 0.29) is 0 Å². The molecule has 2 heterocycles. The van der Waals surface area contributed by atoms with Gasteiger partial charge in [-0.1, -0.05) is 19.1 Å². The number of piperidine rings is 1. The molecule has 0 radical (unpaired) electrons. The summed E-state index contributed by atoms with van der Waals surface area (Å²) in [6.45, 7) is 3.64. The smallest absolute Gasteiger partial charge is 0.0459 e. The fourth-order valence-corrected chi connectivity index (χ4v) is 4.21. The van der Waals surface area contributed by atoms with Gasteiger partial charge in [0.1, 0.15) is 0 Å². The van der Waals surface area contributed by atoms with Crippen LogP contribution in [0.2, 0.25) is 0 Å². The molecule has 4 rings (SSSR count). The monoisotopic (exact) mass is 240 g/mol. The van der Waals surface area contributed by atoms with Crippen LogP contribution in [0.4, 0.5) is 0 Å². The first-order chi connectivity index (χ1) is 8.74. The number of aromatic amines is 1. The molecule has 2 aromatic rings. The van der Waals surface area contributed by atoms with E-state index in [0.29, 0.717) is 6.04 Å². The maximum absolute atomic E-state index is 3.44. The maximum Gasteiger partial charge on any atom is 0.0459 e. The fraction of sp³-hybridized carbons (Fsp3) is 0.500. The minimum atomic E-state index is 0.704. The van der Waals surface area contributed by atoms with Gasteiger partial charge in [-0.25, -0.2) is 0 Å². The first kappa shape index (κ1) is 10.6. The summed E-state index contributed by atoms with van der Waals surface area (Å²) in [6.07, 6.45) is 4.78. The molecule has 18 heavy (non-hydrogen) atoms. The van der Waals surface area contributed by atoms with Gasteiger partial charge in [-0.05, 0) is 43.0 Å². The number of likely N-dealkylation sites (N-methyl/N-ethyl adjacent to an activating group) is 1. The van der Waals surface area contributed by atoms with E-state index in [0.717, 1.165) is 11.8 Å². The molecule has 0 bridgehead atoms. The number of hydrogen-bond donors (Lipinski definition) is 1. The van der Waals surface area contributed by atoms with Crippen molar-refractivity contribution >= 4 is 10.9 Å². The van der Waals surface area contributed by atoms with Crippen molar-refractivity contribution in [2.24, 2.45) is 5.92 Å². The first-order valence-corrected chi connectivity index (χ1v) is 7.03. The van der Waals surface area contributed by atoms with Crippen LogP contribution in [0.1, 0.15) is 30.4 Å². The summed E-state index contributed by atoms with van der Waals surface area (Å²) in [6, 6.07) is 7.47. The Morgan fingerprint density at radius 1 is 1.33 bits per heavy atom. The lowest BCUT2D eigenvalue weighted by molar-refractivity contribution is 0.119. The Kier molecular flexibility index (Phi) is 2.13. The van der Waals surface area contributed by atoms with Crippen molar-refractivity contribution in [1.82, 2.24) is 9.88 Å². The van der Waals surface area contributed by atoms with E-state index in [2.05, 4.69) is 48.3 Å². The molecule has 1 N–H and O–H groups in total. The SMILES string of the molecule is C[C@H]1C[C@@H]2c3cccc4[nH]cc(c34)C[C@@H]2N(C)C1. The van der Waals surface area contributed by atoms with E-state index in [1.54, 1.807) is 5.56 Å². The molecule has 1 aliphatic heterocycles. The van der Waals surface area contributed by atoms with Crippen LogP contribution in [0.5, 0.6) is 0 Å². The van der Waals surface area contributed by atoms with Crippen LogP contribution >= 0.6 is 0 Å². The Morgan fingerprint density at radius 2 is 2.22 bits per heavy atom. The third-order valence-corrected chi connectivity index (χ3v) is 4.93. The van der Waals surface area contributed by atoms with E-state index < -0.39 is 0 Å². The summed E-state index contributed by atoms with van der Waals surface area (Å²) in [5.41, 5.74) is 4.42. The largest absolute Gasteiger partial charge is 0.361 e. The Labute approximate surface area is 108 Å². The lowest BCUT2D eigenvalue weighted by Crippen LogP contribution is -2.47. The first-order valence-electron chi connectivity index (χ1n) is 7.03. The summed E-state index contributed by atoms with van der Waals surface area (Å²) >= 11 is 0. The van der Waals surface area contributed by atoms with E-state index in [9.17, 15) is 0 Å². The molecule has 0 unspecified atom stereocenters. The molecular formula is C16H20N2. The van der Waals surface area contributed by atoms with Gasteiger partial charge in [-0.15, -0.1) is 0 Å². The van der Waals surface area contributed by atoms with E-state index >= 15 is 0 Å². The molecule has 2 heteroatoms. The molecular weight excluding hydrogens is 220 g/mol. The summed E-state index contributed by atoms with van der Waals surface area (Å²) in [4.78, 5) is 6.01. The van der Waals surface area contributed by atoms with Crippen LogP contribution in [0, 0.1) is 5.92 Å². The third-order valence-electron chi connectivity index (χ3n) is 4.93. The second-order valence-corrected chi connectivity index (χ2v) is 6.24. The molecule has 0 amide bonds. The number of benzene rings is 1. The molecule has 1 saturated heterocycles. The lowest BCUT2D eigenvalue weighted by atomic mass is 9.73. The van der Waals surface area contributed by atoms with Crippen LogP contribution < -0.4 is 0 Å². The van der Waals surface area contributed by atoms with Crippen LogP contribution in [0.3, 0.4) is 0 Å². The van der Waals surface area contributed by atoms with Gasteiger partial charge >= 0.3 is 0 Å². The summed E-state index contributed by atoms with van der Waals surface area (Å²) < 4.78 is 0. The number of likely N-dealkylation sites (tertiary alicyclic amines) is 1. The summed E-state index contributed by atoms with van der Waals surface area (Å²) in [5.74, 6) is 1.54. The number of hydrogen-bond acceptors (Lipinski definition) is 1. The normalized spacial score (nSPS) is 31.6. The average molecular weight is 240 g/mol. The predicted octanol–water partition coefficient (Wildman–Crippen LogP) is 3.15. The highest BCUT2D eigenvalue weighted by atomic mass is 15.1. The Bertz CT molecular complexity index is 598. The zero-order valence-corrected chi connectivity index (χ0v) is 11.1. The molecule has 1 aromatic carbocycles. The van der Waals surface area contributed by atoms with Crippen molar-refractivity contribution in [1.29, 1.82) is 0 Å². The molecule has 1 aliphatic carbocycles. The van der Waals surface area contributed by atoms with Crippen LogP contribution in [-0.4, -0.2) is 29.5 Å². The van der Waals surface area contributed by atoms with Gasteiger partial charge in [0.05, 0.1) is 0 Å². The van der Waals surface area contributed by atoms with E-state index in [1.165, 1.54) is 35.9 Å². The van der Waals surface area contributed by atoms with Crippen molar-refractivity contribution in [3.8, 4) is 0 Å². The second-order valence-electron chi connectivity index (χ2n) is 6.24. The quantitative estimate of drug-likeness (QED) is 0.749. The van der Waals surface area contributed by atoms with E-state index in [4.69, 9.17) is 0 Å². The standard InChI is InChI=1S/C16H20N2/c1-10-6-13-12-4-3-5-14-16(12)11(8-17-14)7-15(13)18(2)9-10/h3-5,8,10,13,15,17H,6-7,9H2,1-2H3/t10-,13+,15-/m0/s1. The molecule has 3 atom stereocenters. The van der Waals surface area contributed by atoms with Crippen LogP contribution in [-0.2, 0) is 6.42 Å².